The van der Waals surface area contributed by atoms with Gasteiger partial charge in [0.2, 0.25) is 0 Å². The summed E-state index contributed by atoms with van der Waals surface area (Å²) < 4.78 is 2.02. The highest BCUT2D eigenvalue weighted by Crippen LogP contribution is 2.28. The van der Waals surface area contributed by atoms with Gasteiger partial charge in [0.1, 0.15) is 0 Å². The quantitative estimate of drug-likeness (QED) is 0.720. The van der Waals surface area contributed by atoms with Crippen molar-refractivity contribution in [3.63, 3.8) is 0 Å². The van der Waals surface area contributed by atoms with Gasteiger partial charge in [-0.2, -0.15) is 5.10 Å². The molecule has 1 atom stereocenters. The Hall–Kier alpha value is -1.91. The van der Waals surface area contributed by atoms with Gasteiger partial charge >= 0.3 is 0 Å². The van der Waals surface area contributed by atoms with Crippen LogP contribution < -0.4 is 0 Å². The summed E-state index contributed by atoms with van der Waals surface area (Å²) in [6, 6.07) is 12.3. The Morgan fingerprint density at radius 3 is 2.88 bits per heavy atom. The SMILES string of the molecule is Cc1cc2nccc([C@@H]3CCCN(Cc4ccc(Cl)cc4)C3)n2n1. The Morgan fingerprint density at radius 2 is 2.04 bits per heavy atom. The Morgan fingerprint density at radius 1 is 1.21 bits per heavy atom. The van der Waals surface area contributed by atoms with Crippen molar-refractivity contribution >= 4 is 17.2 Å². The zero-order chi connectivity index (χ0) is 16.5. The van der Waals surface area contributed by atoms with E-state index in [2.05, 4.69) is 33.2 Å². The lowest BCUT2D eigenvalue weighted by Crippen LogP contribution is -2.34. The molecule has 4 nitrogen and oxygen atoms in total. The number of likely N-dealkylation sites (tertiary alicyclic amines) is 1. The molecule has 0 aliphatic carbocycles. The Balaban J connectivity index is 1.54. The average molecular weight is 341 g/mol. The van der Waals surface area contributed by atoms with Crippen LogP contribution in [0.4, 0.5) is 0 Å². The van der Waals surface area contributed by atoms with E-state index in [1.165, 1.54) is 24.1 Å². The monoisotopic (exact) mass is 340 g/mol. The van der Waals surface area contributed by atoms with Crippen molar-refractivity contribution in [3.8, 4) is 0 Å². The molecule has 3 aromatic rings. The minimum absolute atomic E-state index is 0.496. The first-order valence-electron chi connectivity index (χ1n) is 8.47. The molecular weight excluding hydrogens is 320 g/mol. The van der Waals surface area contributed by atoms with Gasteiger partial charge < -0.3 is 0 Å². The van der Waals surface area contributed by atoms with Crippen LogP contribution in [0.3, 0.4) is 0 Å². The second-order valence-electron chi connectivity index (χ2n) is 6.63. The number of piperidine rings is 1. The summed E-state index contributed by atoms with van der Waals surface area (Å²) in [6.07, 6.45) is 4.32. The van der Waals surface area contributed by atoms with Crippen molar-refractivity contribution in [2.45, 2.75) is 32.2 Å². The zero-order valence-electron chi connectivity index (χ0n) is 13.8. The van der Waals surface area contributed by atoms with E-state index in [0.29, 0.717) is 5.92 Å². The molecule has 5 heteroatoms. The smallest absolute Gasteiger partial charge is 0.155 e. The standard InChI is InChI=1S/C19H21ClN4/c1-14-11-19-21-9-8-18(24(19)22-14)16-3-2-10-23(13-16)12-15-4-6-17(20)7-5-15/h4-9,11,16H,2-3,10,12-13H2,1H3/t16-/m1/s1. The highest BCUT2D eigenvalue weighted by atomic mass is 35.5. The van der Waals surface area contributed by atoms with E-state index in [4.69, 9.17) is 11.6 Å². The molecule has 1 aliphatic rings. The molecule has 3 heterocycles. The molecule has 1 fully saturated rings. The fraction of sp³-hybridized carbons (Fsp3) is 0.368. The number of hydrogen-bond acceptors (Lipinski definition) is 3. The van der Waals surface area contributed by atoms with Gasteiger partial charge in [-0.3, -0.25) is 4.90 Å². The molecule has 1 aromatic carbocycles. The summed E-state index contributed by atoms with van der Waals surface area (Å²) in [7, 11) is 0. The summed E-state index contributed by atoms with van der Waals surface area (Å²) in [4.78, 5) is 6.95. The van der Waals surface area contributed by atoms with Gasteiger partial charge in [0.25, 0.3) is 0 Å². The normalized spacial score (nSPS) is 19.0. The van der Waals surface area contributed by atoms with Crippen molar-refractivity contribution in [1.29, 1.82) is 0 Å². The van der Waals surface area contributed by atoms with Crippen LogP contribution in [0.15, 0.2) is 42.6 Å². The minimum atomic E-state index is 0.496. The average Bonchev–Trinajstić information content (AvgIpc) is 2.97. The van der Waals surface area contributed by atoms with Crippen molar-refractivity contribution < 1.29 is 0 Å². The number of nitrogens with zero attached hydrogens (tertiary/aromatic N) is 4. The van der Waals surface area contributed by atoms with Gasteiger partial charge in [-0.15, -0.1) is 0 Å². The van der Waals surface area contributed by atoms with Crippen LogP contribution in [-0.2, 0) is 6.54 Å². The highest BCUT2D eigenvalue weighted by molar-refractivity contribution is 6.30. The van der Waals surface area contributed by atoms with Gasteiger partial charge in [-0.1, -0.05) is 23.7 Å². The van der Waals surface area contributed by atoms with E-state index in [1.807, 2.05) is 35.8 Å². The summed E-state index contributed by atoms with van der Waals surface area (Å²) in [5.41, 5.74) is 4.55. The van der Waals surface area contributed by atoms with Crippen LogP contribution >= 0.6 is 11.6 Å². The molecule has 24 heavy (non-hydrogen) atoms. The maximum atomic E-state index is 5.99. The lowest BCUT2D eigenvalue weighted by molar-refractivity contribution is 0.197. The van der Waals surface area contributed by atoms with Gasteiger partial charge in [0, 0.05) is 36.3 Å². The third-order valence-corrected chi connectivity index (χ3v) is 5.00. The molecule has 4 rings (SSSR count). The van der Waals surface area contributed by atoms with Crippen LogP contribution in [0.2, 0.25) is 5.02 Å². The van der Waals surface area contributed by atoms with Gasteiger partial charge in [-0.25, -0.2) is 9.50 Å². The van der Waals surface area contributed by atoms with E-state index >= 15 is 0 Å². The summed E-state index contributed by atoms with van der Waals surface area (Å²) >= 11 is 5.99. The van der Waals surface area contributed by atoms with E-state index < -0.39 is 0 Å². The molecular formula is C19H21ClN4. The summed E-state index contributed by atoms with van der Waals surface area (Å²) in [6.45, 7) is 5.19. The molecule has 0 N–H and O–H groups in total. The first-order valence-corrected chi connectivity index (χ1v) is 8.85. The fourth-order valence-corrected chi connectivity index (χ4v) is 3.75. The van der Waals surface area contributed by atoms with Gasteiger partial charge in [0.05, 0.1) is 11.4 Å². The highest BCUT2D eigenvalue weighted by Gasteiger charge is 2.23. The summed E-state index contributed by atoms with van der Waals surface area (Å²) in [5, 5.41) is 5.42. The van der Waals surface area contributed by atoms with Crippen molar-refractivity contribution in [1.82, 2.24) is 19.5 Å². The lowest BCUT2D eigenvalue weighted by Gasteiger charge is -2.33. The minimum Gasteiger partial charge on any atom is -0.298 e. The first kappa shape index (κ1) is 15.6. The fourth-order valence-electron chi connectivity index (χ4n) is 3.63. The zero-order valence-corrected chi connectivity index (χ0v) is 14.6. The van der Waals surface area contributed by atoms with Crippen molar-refractivity contribution in [2.24, 2.45) is 0 Å². The lowest BCUT2D eigenvalue weighted by atomic mass is 9.94. The third-order valence-electron chi connectivity index (χ3n) is 4.75. The molecule has 0 unspecified atom stereocenters. The number of benzene rings is 1. The number of halogens is 1. The van der Waals surface area contributed by atoms with Crippen LogP contribution in [0, 0.1) is 6.92 Å². The molecule has 2 aromatic heterocycles. The van der Waals surface area contributed by atoms with Crippen LogP contribution in [0.25, 0.3) is 5.65 Å². The second-order valence-corrected chi connectivity index (χ2v) is 7.06. The number of aromatic nitrogens is 3. The Bertz CT molecular complexity index is 840. The van der Waals surface area contributed by atoms with E-state index in [-0.39, 0.29) is 0 Å². The van der Waals surface area contributed by atoms with Crippen molar-refractivity contribution in [2.75, 3.05) is 13.1 Å². The van der Waals surface area contributed by atoms with Crippen LogP contribution in [0.5, 0.6) is 0 Å². The molecule has 0 spiro atoms. The maximum absolute atomic E-state index is 5.99. The number of rotatable bonds is 3. The first-order chi connectivity index (χ1) is 11.7. The van der Waals surface area contributed by atoms with Crippen LogP contribution in [-0.4, -0.2) is 32.6 Å². The van der Waals surface area contributed by atoms with E-state index in [0.717, 1.165) is 36.0 Å². The molecule has 0 saturated carbocycles. The van der Waals surface area contributed by atoms with Crippen molar-refractivity contribution in [3.05, 3.63) is 64.6 Å². The number of hydrogen-bond donors (Lipinski definition) is 0. The predicted molar refractivity (Wildman–Crippen MR) is 96.4 cm³/mol. The Labute approximate surface area is 147 Å². The molecule has 0 bridgehead atoms. The number of fused-ring (bicyclic) bond motifs is 1. The molecule has 1 saturated heterocycles. The molecule has 1 aliphatic heterocycles. The van der Waals surface area contributed by atoms with Gasteiger partial charge in [0.15, 0.2) is 5.65 Å². The van der Waals surface area contributed by atoms with Crippen LogP contribution in [0.1, 0.15) is 35.7 Å². The maximum Gasteiger partial charge on any atom is 0.155 e. The largest absolute Gasteiger partial charge is 0.298 e. The second kappa shape index (κ2) is 6.54. The molecule has 124 valence electrons. The molecule has 0 radical (unpaired) electrons. The number of aryl methyl sites for hydroxylation is 1. The predicted octanol–water partition coefficient (Wildman–Crippen LogP) is 4.07. The van der Waals surface area contributed by atoms with Gasteiger partial charge in [-0.05, 0) is 50.1 Å². The summed E-state index contributed by atoms with van der Waals surface area (Å²) in [5.74, 6) is 0.496. The van der Waals surface area contributed by atoms with E-state index in [1.54, 1.807) is 0 Å². The van der Waals surface area contributed by atoms with E-state index in [9.17, 15) is 0 Å². The Kier molecular flexibility index (Phi) is 4.25. The third kappa shape index (κ3) is 3.17. The molecule has 0 amide bonds. The topological polar surface area (TPSA) is 33.4 Å².